The molecule has 1 aromatic carbocycles. The van der Waals surface area contributed by atoms with Gasteiger partial charge in [-0.2, -0.15) is 13.2 Å². The Bertz CT molecular complexity index is 747. The summed E-state index contributed by atoms with van der Waals surface area (Å²) >= 11 is 0. The van der Waals surface area contributed by atoms with Crippen LogP contribution in [0.15, 0.2) is 36.5 Å². The zero-order valence-electron chi connectivity index (χ0n) is 11.9. The van der Waals surface area contributed by atoms with Gasteiger partial charge in [-0.1, -0.05) is 24.3 Å². The van der Waals surface area contributed by atoms with Gasteiger partial charge >= 0.3 is 6.18 Å². The number of nitrogens with two attached hydrogens (primary N) is 1. The lowest BCUT2D eigenvalue weighted by Crippen LogP contribution is -2.49. The first-order valence-corrected chi connectivity index (χ1v) is 6.89. The number of amides is 1. The number of nitrogens with zero attached hydrogens (tertiary/aromatic N) is 3. The highest BCUT2D eigenvalue weighted by Gasteiger charge is 2.36. The number of carbonyl (C=O) groups excluding carboxylic acids is 1. The summed E-state index contributed by atoms with van der Waals surface area (Å²) in [4.78, 5) is 20.6. The molecule has 2 aromatic rings. The molecule has 8 heteroatoms. The van der Waals surface area contributed by atoms with Crippen LogP contribution >= 0.6 is 0 Å². The van der Waals surface area contributed by atoms with E-state index >= 15 is 0 Å². The summed E-state index contributed by atoms with van der Waals surface area (Å²) in [5.41, 5.74) is 6.22. The maximum Gasteiger partial charge on any atom is 0.433 e. The maximum atomic E-state index is 12.8. The molecule has 1 atom stereocenters. The molecule has 3 rings (SSSR count). The predicted molar refractivity (Wildman–Crippen MR) is 76.3 cm³/mol. The highest BCUT2D eigenvalue weighted by Crippen LogP contribution is 2.30. The molecule has 0 radical (unpaired) electrons. The van der Waals surface area contributed by atoms with Crippen molar-refractivity contribution in [1.82, 2.24) is 9.97 Å². The molecule has 0 saturated heterocycles. The summed E-state index contributed by atoms with van der Waals surface area (Å²) in [6.07, 6.45) is -3.23. The molecule has 0 unspecified atom stereocenters. The Morgan fingerprint density at radius 3 is 2.57 bits per heavy atom. The maximum absolute atomic E-state index is 12.8. The number of benzene rings is 1. The number of alkyl halides is 3. The summed E-state index contributed by atoms with van der Waals surface area (Å²) < 4.78 is 38.5. The topological polar surface area (TPSA) is 72.1 Å². The van der Waals surface area contributed by atoms with Gasteiger partial charge in [0, 0.05) is 19.2 Å². The van der Waals surface area contributed by atoms with Crippen LogP contribution in [0.2, 0.25) is 0 Å². The molecule has 2 heterocycles. The van der Waals surface area contributed by atoms with Gasteiger partial charge in [0.15, 0.2) is 0 Å². The van der Waals surface area contributed by atoms with E-state index in [1.54, 1.807) is 0 Å². The second-order valence-corrected chi connectivity index (χ2v) is 5.26. The largest absolute Gasteiger partial charge is 0.433 e. The van der Waals surface area contributed by atoms with Crippen LogP contribution in [-0.2, 0) is 23.9 Å². The first-order valence-electron chi connectivity index (χ1n) is 6.89. The van der Waals surface area contributed by atoms with Gasteiger partial charge in [-0.3, -0.25) is 4.79 Å². The Morgan fingerprint density at radius 1 is 1.22 bits per heavy atom. The van der Waals surface area contributed by atoms with E-state index in [1.807, 2.05) is 24.3 Å². The highest BCUT2D eigenvalue weighted by molar-refractivity contribution is 5.84. The van der Waals surface area contributed by atoms with Crippen molar-refractivity contribution in [2.24, 2.45) is 5.73 Å². The van der Waals surface area contributed by atoms with Crippen LogP contribution in [0.25, 0.3) is 0 Å². The van der Waals surface area contributed by atoms with Gasteiger partial charge in [-0.25, -0.2) is 9.97 Å². The average molecular weight is 322 g/mol. The molecule has 0 saturated carbocycles. The lowest BCUT2D eigenvalue weighted by Gasteiger charge is -2.35. The van der Waals surface area contributed by atoms with E-state index in [2.05, 4.69) is 9.97 Å². The third-order valence-corrected chi connectivity index (χ3v) is 3.77. The highest BCUT2D eigenvalue weighted by atomic mass is 19.4. The third-order valence-electron chi connectivity index (χ3n) is 3.77. The molecule has 23 heavy (non-hydrogen) atoms. The Morgan fingerprint density at radius 2 is 1.91 bits per heavy atom. The second-order valence-electron chi connectivity index (χ2n) is 5.26. The van der Waals surface area contributed by atoms with E-state index in [0.29, 0.717) is 6.42 Å². The van der Waals surface area contributed by atoms with Gasteiger partial charge in [-0.15, -0.1) is 0 Å². The SMILES string of the molecule is NC(=O)[C@@H]1Cc2ccccc2CN1c1nccc(C(F)(F)F)n1. The van der Waals surface area contributed by atoms with Gasteiger partial charge in [0.25, 0.3) is 0 Å². The second kappa shape index (κ2) is 5.53. The van der Waals surface area contributed by atoms with Crippen LogP contribution in [0, 0.1) is 0 Å². The van der Waals surface area contributed by atoms with Gasteiger partial charge in [0.1, 0.15) is 11.7 Å². The summed E-state index contributed by atoms with van der Waals surface area (Å²) in [7, 11) is 0. The van der Waals surface area contributed by atoms with Gasteiger partial charge in [0.2, 0.25) is 11.9 Å². The molecular weight excluding hydrogens is 309 g/mol. The number of rotatable bonds is 2. The van der Waals surface area contributed by atoms with E-state index in [1.165, 1.54) is 4.90 Å². The summed E-state index contributed by atoms with van der Waals surface area (Å²) in [6, 6.07) is 7.40. The number of aromatic nitrogens is 2. The van der Waals surface area contributed by atoms with Crippen LogP contribution < -0.4 is 10.6 Å². The first-order chi connectivity index (χ1) is 10.9. The number of anilines is 1. The van der Waals surface area contributed by atoms with Crippen molar-refractivity contribution in [3.8, 4) is 0 Å². The number of fused-ring (bicyclic) bond motifs is 1. The minimum atomic E-state index is -4.58. The Kier molecular flexibility index (Phi) is 3.67. The molecule has 1 aliphatic heterocycles. The molecule has 1 aromatic heterocycles. The van der Waals surface area contributed by atoms with Crippen molar-refractivity contribution in [2.45, 2.75) is 25.2 Å². The lowest BCUT2D eigenvalue weighted by molar-refractivity contribution is -0.141. The fourth-order valence-electron chi connectivity index (χ4n) is 2.63. The third kappa shape index (κ3) is 2.96. The Balaban J connectivity index is 2.02. The normalized spacial score (nSPS) is 17.7. The monoisotopic (exact) mass is 322 g/mol. The zero-order valence-corrected chi connectivity index (χ0v) is 11.9. The quantitative estimate of drug-likeness (QED) is 0.917. The summed E-state index contributed by atoms with van der Waals surface area (Å²) in [5, 5.41) is 0. The lowest BCUT2D eigenvalue weighted by atomic mass is 9.94. The smallest absolute Gasteiger partial charge is 0.368 e. The minimum absolute atomic E-state index is 0.155. The van der Waals surface area contributed by atoms with Crippen LogP contribution in [-0.4, -0.2) is 21.9 Å². The van der Waals surface area contributed by atoms with Gasteiger partial charge in [-0.05, 0) is 17.2 Å². The number of primary amides is 1. The summed E-state index contributed by atoms with van der Waals surface area (Å²) in [5.74, 6) is -0.779. The molecule has 1 aliphatic rings. The van der Waals surface area contributed by atoms with Crippen LogP contribution in [0.3, 0.4) is 0 Å². The first kappa shape index (κ1) is 15.3. The van der Waals surface area contributed by atoms with Gasteiger partial charge < -0.3 is 10.6 Å². The number of carbonyl (C=O) groups is 1. The van der Waals surface area contributed by atoms with Crippen LogP contribution in [0.5, 0.6) is 0 Å². The van der Waals surface area contributed by atoms with E-state index in [4.69, 9.17) is 5.73 Å². The van der Waals surface area contributed by atoms with E-state index < -0.39 is 23.8 Å². The van der Waals surface area contributed by atoms with Crippen molar-refractivity contribution >= 4 is 11.9 Å². The van der Waals surface area contributed by atoms with E-state index in [0.717, 1.165) is 23.4 Å². The van der Waals surface area contributed by atoms with Crippen molar-refractivity contribution in [3.05, 3.63) is 53.3 Å². The molecule has 0 fully saturated rings. The minimum Gasteiger partial charge on any atom is -0.368 e. The van der Waals surface area contributed by atoms with Gasteiger partial charge in [0.05, 0.1) is 0 Å². The van der Waals surface area contributed by atoms with Crippen molar-refractivity contribution in [3.63, 3.8) is 0 Å². The molecule has 1 amide bonds. The fourth-order valence-corrected chi connectivity index (χ4v) is 2.63. The van der Waals surface area contributed by atoms with Crippen molar-refractivity contribution in [2.75, 3.05) is 4.90 Å². The van der Waals surface area contributed by atoms with Crippen LogP contribution in [0.4, 0.5) is 19.1 Å². The average Bonchev–Trinajstić information content (AvgIpc) is 2.53. The summed E-state index contributed by atoms with van der Waals surface area (Å²) in [6.45, 7) is 0.227. The molecule has 0 bridgehead atoms. The molecule has 5 nitrogen and oxygen atoms in total. The van der Waals surface area contributed by atoms with Crippen molar-refractivity contribution in [1.29, 1.82) is 0 Å². The molecule has 0 spiro atoms. The Hall–Kier alpha value is -2.64. The Labute approximate surface area is 130 Å². The standard InChI is InChI=1S/C15H13F3N4O/c16-15(17,18)12-5-6-20-14(21-12)22-8-10-4-2-1-3-9(10)7-11(22)13(19)23/h1-6,11H,7-8H2,(H2,19,23)/t11-/m0/s1. The fraction of sp³-hybridized carbons (Fsp3) is 0.267. The molecule has 120 valence electrons. The number of halogens is 3. The number of hydrogen-bond acceptors (Lipinski definition) is 4. The molecule has 0 aliphatic carbocycles. The van der Waals surface area contributed by atoms with Crippen LogP contribution in [0.1, 0.15) is 16.8 Å². The zero-order chi connectivity index (χ0) is 16.6. The molecular formula is C15H13F3N4O. The van der Waals surface area contributed by atoms with E-state index in [9.17, 15) is 18.0 Å². The molecule has 2 N–H and O–H groups in total. The predicted octanol–water partition coefficient (Wildman–Crippen LogP) is 1.91. The number of hydrogen-bond donors (Lipinski definition) is 1. The van der Waals surface area contributed by atoms with E-state index in [-0.39, 0.29) is 12.5 Å². The van der Waals surface area contributed by atoms with Crippen molar-refractivity contribution < 1.29 is 18.0 Å².